The first-order chi connectivity index (χ1) is 38.3. The van der Waals surface area contributed by atoms with Gasteiger partial charge in [0.15, 0.2) is 0 Å². The molecule has 0 heterocycles. The van der Waals surface area contributed by atoms with Crippen LogP contribution >= 0.6 is 0 Å². The summed E-state index contributed by atoms with van der Waals surface area (Å²) in [4.78, 5) is 110. The Morgan fingerprint density at radius 1 is 0.346 bits per heavy atom. The summed E-state index contributed by atoms with van der Waals surface area (Å²) in [5, 5.41) is 78.0. The number of nitrogens with one attached hydrogen (secondary N) is 1. The summed E-state index contributed by atoms with van der Waals surface area (Å²) in [6, 6.07) is 0. The van der Waals surface area contributed by atoms with Gasteiger partial charge in [0.05, 0.1) is 76.8 Å². The first-order valence-electron chi connectivity index (χ1n) is 29.9. The number of nitrogens with zero attached hydrogens (tertiary/aromatic N) is 9. The van der Waals surface area contributed by atoms with E-state index in [-0.39, 0.29) is 77.9 Å². The zero-order valence-electron chi connectivity index (χ0n) is 51.3. The molecule has 0 saturated heterocycles. The van der Waals surface area contributed by atoms with Crippen LogP contribution in [-0.2, 0) is 33.6 Å². The van der Waals surface area contributed by atoms with Crippen LogP contribution in [-0.4, -0.2) is 295 Å². The van der Waals surface area contributed by atoms with Gasteiger partial charge in [-0.3, -0.25) is 43.4 Å². The maximum atomic E-state index is 14.4. The highest BCUT2D eigenvalue weighted by atomic mass is 16.3. The summed E-state index contributed by atoms with van der Waals surface area (Å²) in [6.45, 7) is 14.7. The average Bonchev–Trinajstić information content (AvgIpc) is 3.40. The van der Waals surface area contributed by atoms with Crippen molar-refractivity contribution in [3.63, 3.8) is 0 Å². The van der Waals surface area contributed by atoms with Gasteiger partial charge in [0, 0.05) is 72.0 Å². The SMILES string of the molecule is CCCCNCC(=O)N(CCCC)CC(=O)N(CC(=O)N(CC(=O)N(CCCC)CC(=O)N(CCCC)CC(=O)N(CC(=O)N(CC(C)O)CC(O)N(CCCC)CC(O)N(CCCC)CC(N)O)CC(C)O)CC(C)O)CC(C)O. The molecule has 0 fully saturated rings. The molecule has 0 aliphatic carbocycles. The number of hydrogen-bond acceptors (Lipinski definition) is 18. The Hall–Kier alpha value is -4.15. The van der Waals surface area contributed by atoms with Crippen molar-refractivity contribution in [2.24, 2.45) is 5.73 Å². The minimum Gasteiger partial charge on any atom is -0.392 e. The zero-order chi connectivity index (χ0) is 61.6. The lowest BCUT2D eigenvalue weighted by Crippen LogP contribution is -2.55. The highest BCUT2D eigenvalue weighted by Gasteiger charge is 2.33. The third-order valence-corrected chi connectivity index (χ3v) is 13.3. The van der Waals surface area contributed by atoms with E-state index in [4.69, 9.17) is 5.73 Å². The van der Waals surface area contributed by atoms with Gasteiger partial charge in [0.1, 0.15) is 18.7 Å². The summed E-state index contributed by atoms with van der Waals surface area (Å²) in [5.41, 5.74) is 5.67. The number of nitrogens with two attached hydrogens (primary N) is 1. The van der Waals surface area contributed by atoms with Crippen molar-refractivity contribution in [1.29, 1.82) is 0 Å². The van der Waals surface area contributed by atoms with Crippen molar-refractivity contribution < 1.29 is 69.3 Å². The third kappa shape index (κ3) is 34.3. The normalized spacial score (nSPS) is 14.2. The van der Waals surface area contributed by atoms with Gasteiger partial charge in [-0.15, -0.1) is 0 Å². The molecule has 0 aliphatic rings. The molecule has 0 aromatic rings. The van der Waals surface area contributed by atoms with E-state index < -0.39 is 111 Å². The molecule has 25 heteroatoms. The molecule has 7 amide bonds. The van der Waals surface area contributed by atoms with Crippen LogP contribution in [0.3, 0.4) is 0 Å². The number of carbonyl (C=O) groups is 7. The van der Waals surface area contributed by atoms with E-state index in [1.165, 1.54) is 47.3 Å². The summed E-state index contributed by atoms with van der Waals surface area (Å²) in [6.07, 6.45) is 0.257. The molecule has 81 heavy (non-hydrogen) atoms. The van der Waals surface area contributed by atoms with Crippen molar-refractivity contribution in [2.45, 2.75) is 189 Å². The number of carbonyl (C=O) groups excluding carboxylic acids is 7. The number of unbranched alkanes of at least 4 members (excludes halogenated alkanes) is 6. The lowest BCUT2D eigenvalue weighted by Gasteiger charge is -2.37. The Morgan fingerprint density at radius 2 is 0.617 bits per heavy atom. The first kappa shape index (κ1) is 76.9. The van der Waals surface area contributed by atoms with Gasteiger partial charge in [-0.25, -0.2) is 0 Å². The molecule has 0 aromatic heterocycles. The largest absolute Gasteiger partial charge is 0.392 e. The van der Waals surface area contributed by atoms with Crippen molar-refractivity contribution in [3.05, 3.63) is 0 Å². The maximum Gasteiger partial charge on any atom is 0.242 e. The Balaban J connectivity index is 6.71. The Morgan fingerprint density at radius 3 is 0.951 bits per heavy atom. The minimum atomic E-state index is -1.34. The third-order valence-electron chi connectivity index (χ3n) is 13.3. The van der Waals surface area contributed by atoms with Gasteiger partial charge in [-0.05, 0) is 72.8 Å². The Bertz CT molecular complexity index is 1770. The summed E-state index contributed by atoms with van der Waals surface area (Å²) < 4.78 is 0. The first-order valence-corrected chi connectivity index (χ1v) is 29.9. The fourth-order valence-electron chi connectivity index (χ4n) is 8.75. The van der Waals surface area contributed by atoms with E-state index in [1.807, 2.05) is 41.5 Å². The monoisotopic (exact) mass is 1160 g/mol. The summed E-state index contributed by atoms with van der Waals surface area (Å²) >= 11 is 0. The Labute approximate surface area is 484 Å². The van der Waals surface area contributed by atoms with Crippen LogP contribution in [0.15, 0.2) is 0 Å². The van der Waals surface area contributed by atoms with Crippen LogP contribution < -0.4 is 11.1 Å². The lowest BCUT2D eigenvalue weighted by molar-refractivity contribution is -0.150. The maximum absolute atomic E-state index is 14.4. The molecular weight excluding hydrogens is 1050 g/mol. The van der Waals surface area contributed by atoms with Gasteiger partial charge < -0.3 is 81.1 Å². The lowest BCUT2D eigenvalue weighted by atomic mass is 10.2. The van der Waals surface area contributed by atoms with Crippen LogP contribution in [0.4, 0.5) is 0 Å². The quantitative estimate of drug-likeness (QED) is 0.0267. The summed E-state index contributed by atoms with van der Waals surface area (Å²) in [5.74, 6) is -4.25. The molecule has 0 bridgehead atoms. The van der Waals surface area contributed by atoms with E-state index in [1.54, 1.807) is 9.80 Å². The standard InChI is InChI=1S/C56H111N11O14/c1-11-17-23-58-29-48(73)60(25-19-13-3)37-53(78)66(32-45(9)70)41-55(80)65(31-44(8)69)40-52(77)62(27-21-15-5)36-50(75)63(28-22-16-6)38-54(79)67(33-46(10)71)42-56(81)64(30-43(7)68)39-51(76)61(26-20-14-4)35-49(74)59(24-18-12-2)34-47(57)72/h43-47,49,51,58,68-72,74,76H,11-42,57H2,1-10H3. The van der Waals surface area contributed by atoms with Gasteiger partial charge in [0.25, 0.3) is 0 Å². The van der Waals surface area contributed by atoms with Crippen LogP contribution in [0.25, 0.3) is 0 Å². The van der Waals surface area contributed by atoms with Gasteiger partial charge in [0.2, 0.25) is 41.4 Å². The average molecular weight is 1160 g/mol. The van der Waals surface area contributed by atoms with E-state index in [0.29, 0.717) is 64.7 Å². The molecular formula is C56H111N11O14. The predicted molar refractivity (Wildman–Crippen MR) is 310 cm³/mol. The fourth-order valence-corrected chi connectivity index (χ4v) is 8.75. The van der Waals surface area contributed by atoms with Gasteiger partial charge >= 0.3 is 0 Å². The topological polar surface area (TPSA) is 328 Å². The molecule has 0 saturated carbocycles. The molecule has 7 unspecified atom stereocenters. The summed E-state index contributed by atoms with van der Waals surface area (Å²) in [7, 11) is 0. The van der Waals surface area contributed by atoms with Crippen LogP contribution in [0.2, 0.25) is 0 Å². The molecule has 0 radical (unpaired) electrons. The van der Waals surface area contributed by atoms with Crippen molar-refractivity contribution >= 4 is 41.4 Å². The second-order valence-corrected chi connectivity index (χ2v) is 21.8. The number of amides is 7. The highest BCUT2D eigenvalue weighted by molar-refractivity contribution is 5.93. The molecule has 474 valence electrons. The van der Waals surface area contributed by atoms with Crippen LogP contribution in [0.1, 0.15) is 146 Å². The highest BCUT2D eigenvalue weighted by Crippen LogP contribution is 2.13. The zero-order valence-corrected chi connectivity index (χ0v) is 51.3. The van der Waals surface area contributed by atoms with Crippen molar-refractivity contribution in [3.8, 4) is 0 Å². The second kappa shape index (κ2) is 44.4. The van der Waals surface area contributed by atoms with E-state index >= 15 is 0 Å². The Kier molecular flexibility index (Phi) is 42.1. The number of aliphatic hydroxyl groups excluding tert-OH is 7. The molecule has 0 aromatic carbocycles. The van der Waals surface area contributed by atoms with Gasteiger partial charge in [-0.2, -0.15) is 0 Å². The fraction of sp³-hybridized carbons (Fsp3) is 0.875. The van der Waals surface area contributed by atoms with Crippen LogP contribution in [0, 0.1) is 0 Å². The number of aliphatic hydroxyl groups is 7. The molecule has 0 aliphatic heterocycles. The number of hydrogen-bond donors (Lipinski definition) is 9. The smallest absolute Gasteiger partial charge is 0.242 e. The van der Waals surface area contributed by atoms with Crippen molar-refractivity contribution in [2.75, 3.05) is 131 Å². The van der Waals surface area contributed by atoms with Gasteiger partial charge in [-0.1, -0.05) is 80.1 Å². The predicted octanol–water partition coefficient (Wildman–Crippen LogP) is -0.782. The number of rotatable bonds is 48. The van der Waals surface area contributed by atoms with E-state index in [9.17, 15) is 69.3 Å². The molecule has 7 atom stereocenters. The minimum absolute atomic E-state index is 0.0124. The van der Waals surface area contributed by atoms with E-state index in [0.717, 1.165) is 53.2 Å². The molecule has 0 spiro atoms. The molecule has 25 nitrogen and oxygen atoms in total. The van der Waals surface area contributed by atoms with E-state index in [2.05, 4.69) is 5.32 Å². The molecule has 10 N–H and O–H groups in total. The molecule has 0 rings (SSSR count). The van der Waals surface area contributed by atoms with Crippen molar-refractivity contribution in [1.82, 2.24) is 49.4 Å². The second-order valence-electron chi connectivity index (χ2n) is 21.8. The van der Waals surface area contributed by atoms with Crippen LogP contribution in [0.5, 0.6) is 0 Å².